The predicted octanol–water partition coefficient (Wildman–Crippen LogP) is 1.55. The van der Waals surface area contributed by atoms with Crippen molar-refractivity contribution in [3.05, 3.63) is 34.9 Å². The van der Waals surface area contributed by atoms with Crippen LogP contribution in [0.4, 0.5) is 0 Å². The Hall–Kier alpha value is -0.860. The molecule has 1 atom stereocenters. The highest BCUT2D eigenvalue weighted by Crippen LogP contribution is 2.19. The number of benzene rings is 1. The van der Waals surface area contributed by atoms with E-state index < -0.39 is 0 Å². The highest BCUT2D eigenvalue weighted by Gasteiger charge is 2.09. The first-order valence-electron chi connectivity index (χ1n) is 4.65. The maximum absolute atomic E-state index is 8.97. The number of aliphatic hydroxyl groups is 1. The average molecular weight is 179 g/mol. The Kier molecular flexibility index (Phi) is 3.46. The Morgan fingerprint density at radius 2 is 2.15 bits per heavy atom. The molecule has 0 fully saturated rings. The number of hydrogen-bond acceptors (Lipinski definition) is 2. The summed E-state index contributed by atoms with van der Waals surface area (Å²) in [4.78, 5) is 0. The van der Waals surface area contributed by atoms with Crippen molar-refractivity contribution in [3.8, 4) is 0 Å². The van der Waals surface area contributed by atoms with Gasteiger partial charge in [-0.3, -0.25) is 0 Å². The van der Waals surface area contributed by atoms with E-state index in [0.717, 1.165) is 12.0 Å². The van der Waals surface area contributed by atoms with Crippen LogP contribution in [0, 0.1) is 6.92 Å². The maximum atomic E-state index is 8.97. The van der Waals surface area contributed by atoms with Gasteiger partial charge in [0.1, 0.15) is 0 Å². The van der Waals surface area contributed by atoms with Crippen molar-refractivity contribution in [2.75, 3.05) is 6.61 Å². The van der Waals surface area contributed by atoms with Crippen molar-refractivity contribution in [2.24, 2.45) is 5.73 Å². The van der Waals surface area contributed by atoms with Crippen molar-refractivity contribution in [1.29, 1.82) is 0 Å². The molecule has 72 valence electrons. The van der Waals surface area contributed by atoms with E-state index in [9.17, 15) is 0 Å². The molecule has 0 spiro atoms. The summed E-state index contributed by atoms with van der Waals surface area (Å²) in [5.41, 5.74) is 9.38. The van der Waals surface area contributed by atoms with Crippen LogP contribution in [-0.2, 0) is 6.42 Å². The third-order valence-corrected chi connectivity index (χ3v) is 2.40. The molecule has 0 heterocycles. The lowest BCUT2D eigenvalue weighted by Gasteiger charge is -2.15. The monoisotopic (exact) mass is 179 g/mol. The zero-order valence-corrected chi connectivity index (χ0v) is 8.25. The summed E-state index contributed by atoms with van der Waals surface area (Å²) < 4.78 is 0. The molecule has 0 saturated heterocycles. The fourth-order valence-corrected chi connectivity index (χ4v) is 1.65. The highest BCUT2D eigenvalue weighted by molar-refractivity contribution is 5.36. The minimum absolute atomic E-state index is 0.0104. The topological polar surface area (TPSA) is 46.2 Å². The zero-order chi connectivity index (χ0) is 9.84. The molecule has 0 aromatic heterocycles. The lowest BCUT2D eigenvalue weighted by Crippen LogP contribution is -2.16. The van der Waals surface area contributed by atoms with E-state index in [0.29, 0.717) is 0 Å². The van der Waals surface area contributed by atoms with Gasteiger partial charge in [0.2, 0.25) is 0 Å². The van der Waals surface area contributed by atoms with E-state index in [4.69, 9.17) is 10.8 Å². The molecule has 13 heavy (non-hydrogen) atoms. The number of aliphatic hydroxyl groups excluding tert-OH is 1. The Morgan fingerprint density at radius 1 is 1.46 bits per heavy atom. The van der Waals surface area contributed by atoms with Crippen LogP contribution in [0.5, 0.6) is 0 Å². The molecule has 2 nitrogen and oxygen atoms in total. The lowest BCUT2D eigenvalue weighted by molar-refractivity contribution is 0.267. The standard InChI is InChI=1S/C11H17NO/c1-3-9-8(2)5-4-6-10(9)11(12)7-13/h4-6,11,13H,3,7,12H2,1-2H3. The van der Waals surface area contributed by atoms with Gasteiger partial charge in [-0.1, -0.05) is 25.1 Å². The van der Waals surface area contributed by atoms with Crippen molar-refractivity contribution < 1.29 is 5.11 Å². The van der Waals surface area contributed by atoms with Crippen molar-refractivity contribution in [2.45, 2.75) is 26.3 Å². The van der Waals surface area contributed by atoms with Gasteiger partial charge in [0, 0.05) is 0 Å². The molecule has 1 unspecified atom stereocenters. The summed E-state index contributed by atoms with van der Waals surface area (Å²) in [6, 6.07) is 5.81. The Balaban J connectivity index is 3.12. The van der Waals surface area contributed by atoms with Gasteiger partial charge in [0.25, 0.3) is 0 Å². The second kappa shape index (κ2) is 4.40. The summed E-state index contributed by atoms with van der Waals surface area (Å²) in [6.07, 6.45) is 0.968. The lowest BCUT2D eigenvalue weighted by atomic mass is 9.95. The SMILES string of the molecule is CCc1c(C)cccc1C(N)CO. The maximum Gasteiger partial charge on any atom is 0.0624 e. The molecule has 0 aliphatic rings. The highest BCUT2D eigenvalue weighted by atomic mass is 16.3. The molecule has 0 amide bonds. The molecule has 0 saturated carbocycles. The minimum Gasteiger partial charge on any atom is -0.394 e. The van der Waals surface area contributed by atoms with Gasteiger partial charge in [-0.15, -0.1) is 0 Å². The van der Waals surface area contributed by atoms with E-state index in [1.54, 1.807) is 0 Å². The Labute approximate surface area is 79.4 Å². The first-order valence-corrected chi connectivity index (χ1v) is 4.65. The third kappa shape index (κ3) is 2.08. The van der Waals surface area contributed by atoms with Gasteiger partial charge < -0.3 is 10.8 Å². The Bertz CT molecular complexity index is 283. The van der Waals surface area contributed by atoms with E-state index in [2.05, 4.69) is 19.9 Å². The van der Waals surface area contributed by atoms with E-state index in [-0.39, 0.29) is 12.6 Å². The van der Waals surface area contributed by atoms with E-state index in [1.165, 1.54) is 11.1 Å². The fraction of sp³-hybridized carbons (Fsp3) is 0.455. The summed E-state index contributed by atoms with van der Waals surface area (Å²) in [5, 5.41) is 8.97. The van der Waals surface area contributed by atoms with Crippen molar-refractivity contribution in [3.63, 3.8) is 0 Å². The van der Waals surface area contributed by atoms with Crippen LogP contribution >= 0.6 is 0 Å². The molecule has 2 heteroatoms. The third-order valence-electron chi connectivity index (χ3n) is 2.40. The molecule has 1 aromatic carbocycles. The van der Waals surface area contributed by atoms with Crippen LogP contribution in [0.1, 0.15) is 29.7 Å². The first-order chi connectivity index (χ1) is 6.20. The van der Waals surface area contributed by atoms with Crippen LogP contribution in [0.3, 0.4) is 0 Å². The first kappa shape index (κ1) is 10.2. The summed E-state index contributed by atoms with van der Waals surface area (Å²) in [7, 11) is 0. The van der Waals surface area contributed by atoms with Gasteiger partial charge in [-0.2, -0.15) is 0 Å². The molecule has 0 bridgehead atoms. The van der Waals surface area contributed by atoms with E-state index >= 15 is 0 Å². The number of aryl methyl sites for hydroxylation is 1. The van der Waals surface area contributed by atoms with Crippen molar-refractivity contribution in [1.82, 2.24) is 0 Å². The Morgan fingerprint density at radius 3 is 2.69 bits per heavy atom. The van der Waals surface area contributed by atoms with Crippen LogP contribution in [-0.4, -0.2) is 11.7 Å². The average Bonchev–Trinajstić information content (AvgIpc) is 2.16. The molecule has 1 aromatic rings. The summed E-state index contributed by atoms with van der Waals surface area (Å²) in [6.45, 7) is 4.19. The fourth-order valence-electron chi connectivity index (χ4n) is 1.65. The van der Waals surface area contributed by atoms with Crippen molar-refractivity contribution >= 4 is 0 Å². The van der Waals surface area contributed by atoms with Gasteiger partial charge in [-0.25, -0.2) is 0 Å². The predicted molar refractivity (Wildman–Crippen MR) is 54.6 cm³/mol. The summed E-state index contributed by atoms with van der Waals surface area (Å²) >= 11 is 0. The van der Waals surface area contributed by atoms with E-state index in [1.807, 2.05) is 12.1 Å². The second-order valence-corrected chi connectivity index (χ2v) is 3.29. The molecule has 1 rings (SSSR count). The number of nitrogens with two attached hydrogens (primary N) is 1. The van der Waals surface area contributed by atoms with Gasteiger partial charge >= 0.3 is 0 Å². The molecular formula is C11H17NO. The molecule has 3 N–H and O–H groups in total. The largest absolute Gasteiger partial charge is 0.394 e. The zero-order valence-electron chi connectivity index (χ0n) is 8.25. The van der Waals surface area contributed by atoms with Gasteiger partial charge in [0.05, 0.1) is 12.6 Å². The normalized spacial score (nSPS) is 12.9. The second-order valence-electron chi connectivity index (χ2n) is 3.29. The molecule has 0 aliphatic carbocycles. The van der Waals surface area contributed by atoms with Gasteiger partial charge in [-0.05, 0) is 30.0 Å². The molecule has 0 radical (unpaired) electrons. The van der Waals surface area contributed by atoms with Crippen LogP contribution < -0.4 is 5.73 Å². The van der Waals surface area contributed by atoms with Gasteiger partial charge in [0.15, 0.2) is 0 Å². The summed E-state index contributed by atoms with van der Waals surface area (Å²) in [5.74, 6) is 0. The number of hydrogen-bond donors (Lipinski definition) is 2. The van der Waals surface area contributed by atoms with Crippen LogP contribution in [0.2, 0.25) is 0 Å². The molecule has 0 aliphatic heterocycles. The van der Waals surface area contributed by atoms with Crippen LogP contribution in [0.15, 0.2) is 18.2 Å². The number of rotatable bonds is 3. The molecular weight excluding hydrogens is 162 g/mol. The smallest absolute Gasteiger partial charge is 0.0624 e. The minimum atomic E-state index is -0.241. The quantitative estimate of drug-likeness (QED) is 0.739. The van der Waals surface area contributed by atoms with Crippen LogP contribution in [0.25, 0.3) is 0 Å².